The average Bonchev–Trinajstić information content (AvgIpc) is 2.88. The molecule has 25 heavy (non-hydrogen) atoms. The topological polar surface area (TPSA) is 74.3 Å². The number of ether oxygens (including phenoxy) is 1. The molecule has 1 fully saturated rings. The third kappa shape index (κ3) is 4.38. The van der Waals surface area contributed by atoms with Gasteiger partial charge in [-0.2, -0.15) is 10.4 Å². The van der Waals surface area contributed by atoms with Crippen molar-refractivity contribution in [2.75, 3.05) is 26.2 Å². The summed E-state index contributed by atoms with van der Waals surface area (Å²) in [5, 5.41) is 23.4. The number of hydrogen-bond acceptors (Lipinski definition) is 5. The maximum atomic E-state index is 10.2. The molecule has 1 aliphatic rings. The third-order valence-electron chi connectivity index (χ3n) is 4.45. The van der Waals surface area contributed by atoms with Crippen LogP contribution < -0.4 is 4.74 Å². The van der Waals surface area contributed by atoms with Crippen LogP contribution in [0.4, 0.5) is 0 Å². The molecule has 1 saturated heterocycles. The van der Waals surface area contributed by atoms with Crippen LogP contribution in [0.5, 0.6) is 5.75 Å². The standard InChI is InChI=1S/C19H24N4O2/c1-14-9-15(2)23(21-14)17-10-22(11-17)12-18(24)13-25-19-5-3-16(4-6-19)7-8-20/h3-6,9,17-18,24H,7,10-13H2,1-2H3. The SMILES string of the molecule is Cc1cc(C)n(C2CN(CC(O)COc3ccc(CC#N)cc3)C2)n1. The Hall–Kier alpha value is -2.36. The van der Waals surface area contributed by atoms with Gasteiger partial charge in [0.2, 0.25) is 0 Å². The van der Waals surface area contributed by atoms with Gasteiger partial charge < -0.3 is 9.84 Å². The molecule has 1 aromatic carbocycles. The van der Waals surface area contributed by atoms with Crippen LogP contribution in [0.1, 0.15) is 23.0 Å². The van der Waals surface area contributed by atoms with Gasteiger partial charge >= 0.3 is 0 Å². The van der Waals surface area contributed by atoms with Crippen molar-refractivity contribution in [2.24, 2.45) is 0 Å². The highest BCUT2D eigenvalue weighted by Crippen LogP contribution is 2.23. The number of rotatable bonds is 7. The monoisotopic (exact) mass is 340 g/mol. The largest absolute Gasteiger partial charge is 0.491 e. The molecule has 0 spiro atoms. The van der Waals surface area contributed by atoms with E-state index in [2.05, 4.69) is 33.7 Å². The summed E-state index contributed by atoms with van der Waals surface area (Å²) in [6, 6.07) is 12.0. The van der Waals surface area contributed by atoms with Crippen molar-refractivity contribution >= 4 is 0 Å². The Morgan fingerprint density at radius 3 is 2.64 bits per heavy atom. The third-order valence-corrected chi connectivity index (χ3v) is 4.45. The van der Waals surface area contributed by atoms with E-state index >= 15 is 0 Å². The highest BCUT2D eigenvalue weighted by atomic mass is 16.5. The predicted molar refractivity (Wildman–Crippen MR) is 94.4 cm³/mol. The van der Waals surface area contributed by atoms with E-state index in [1.165, 1.54) is 5.69 Å². The molecule has 1 atom stereocenters. The van der Waals surface area contributed by atoms with E-state index in [1.54, 1.807) is 0 Å². The van der Waals surface area contributed by atoms with E-state index in [4.69, 9.17) is 10.00 Å². The van der Waals surface area contributed by atoms with E-state index in [0.717, 1.165) is 24.3 Å². The summed E-state index contributed by atoms with van der Waals surface area (Å²) < 4.78 is 7.71. The molecule has 0 amide bonds. The van der Waals surface area contributed by atoms with Gasteiger partial charge in [0.25, 0.3) is 0 Å². The van der Waals surface area contributed by atoms with Crippen LogP contribution in [0.15, 0.2) is 30.3 Å². The van der Waals surface area contributed by atoms with Gasteiger partial charge in [-0.05, 0) is 37.6 Å². The molecule has 1 aliphatic heterocycles. The summed E-state index contributed by atoms with van der Waals surface area (Å²) in [4.78, 5) is 2.21. The molecule has 3 rings (SSSR count). The molecule has 132 valence electrons. The van der Waals surface area contributed by atoms with Gasteiger partial charge in [-0.3, -0.25) is 9.58 Å². The number of hydrogen-bond donors (Lipinski definition) is 1. The molecule has 0 saturated carbocycles. The maximum Gasteiger partial charge on any atom is 0.119 e. The van der Waals surface area contributed by atoms with E-state index in [9.17, 15) is 5.11 Å². The molecular formula is C19H24N4O2. The number of β-amino-alcohol motifs (C(OH)–C–C–N with tert-alkyl or cyclic N) is 1. The normalized spacial score (nSPS) is 16.2. The van der Waals surface area contributed by atoms with Gasteiger partial charge in [0, 0.05) is 25.3 Å². The van der Waals surface area contributed by atoms with Crippen LogP contribution in [0.2, 0.25) is 0 Å². The van der Waals surface area contributed by atoms with E-state index < -0.39 is 6.10 Å². The first-order valence-electron chi connectivity index (χ1n) is 8.57. The number of nitriles is 1. The summed E-state index contributed by atoms with van der Waals surface area (Å²) in [6.45, 7) is 6.76. The van der Waals surface area contributed by atoms with Gasteiger partial charge in [-0.1, -0.05) is 12.1 Å². The van der Waals surface area contributed by atoms with Crippen molar-refractivity contribution in [1.29, 1.82) is 5.26 Å². The van der Waals surface area contributed by atoms with E-state index in [-0.39, 0.29) is 6.61 Å². The lowest BCUT2D eigenvalue weighted by Gasteiger charge is -2.40. The number of likely N-dealkylation sites (tertiary alicyclic amines) is 1. The van der Waals surface area contributed by atoms with Crippen molar-refractivity contribution in [3.8, 4) is 11.8 Å². The number of aryl methyl sites for hydroxylation is 2. The van der Waals surface area contributed by atoms with Crippen LogP contribution in [0.25, 0.3) is 0 Å². The zero-order valence-electron chi connectivity index (χ0n) is 14.7. The maximum absolute atomic E-state index is 10.2. The fraction of sp³-hybridized carbons (Fsp3) is 0.474. The molecule has 0 radical (unpaired) electrons. The van der Waals surface area contributed by atoms with Gasteiger partial charge in [0.05, 0.1) is 24.2 Å². The lowest BCUT2D eigenvalue weighted by atomic mass is 10.1. The van der Waals surface area contributed by atoms with Crippen LogP contribution >= 0.6 is 0 Å². The minimum Gasteiger partial charge on any atom is -0.491 e. The number of aromatic nitrogens is 2. The molecular weight excluding hydrogens is 316 g/mol. The molecule has 1 unspecified atom stereocenters. The Balaban J connectivity index is 1.40. The molecule has 1 aromatic heterocycles. The summed E-state index contributed by atoms with van der Waals surface area (Å²) in [5.41, 5.74) is 3.20. The van der Waals surface area contributed by atoms with Crippen molar-refractivity contribution in [3.05, 3.63) is 47.3 Å². The van der Waals surface area contributed by atoms with Crippen molar-refractivity contribution < 1.29 is 9.84 Å². The van der Waals surface area contributed by atoms with Gasteiger partial charge in [0.15, 0.2) is 0 Å². The van der Waals surface area contributed by atoms with Crippen LogP contribution in [-0.2, 0) is 6.42 Å². The van der Waals surface area contributed by atoms with Crippen LogP contribution in [-0.4, -0.2) is 52.1 Å². The fourth-order valence-electron chi connectivity index (χ4n) is 3.20. The van der Waals surface area contributed by atoms with Crippen LogP contribution in [0, 0.1) is 25.2 Å². The summed E-state index contributed by atoms with van der Waals surface area (Å²) >= 11 is 0. The highest BCUT2D eigenvalue weighted by Gasteiger charge is 2.30. The Bertz CT molecular complexity index is 742. The van der Waals surface area contributed by atoms with E-state index in [0.29, 0.717) is 24.8 Å². The molecule has 6 heteroatoms. The minimum atomic E-state index is -0.528. The van der Waals surface area contributed by atoms with Gasteiger partial charge in [-0.25, -0.2) is 0 Å². The minimum absolute atomic E-state index is 0.263. The molecule has 0 aliphatic carbocycles. The van der Waals surface area contributed by atoms with Gasteiger partial charge in [0.1, 0.15) is 18.5 Å². The molecule has 2 heterocycles. The predicted octanol–water partition coefficient (Wildman–Crippen LogP) is 1.86. The summed E-state index contributed by atoms with van der Waals surface area (Å²) in [5.74, 6) is 0.713. The first-order chi connectivity index (χ1) is 12.0. The lowest BCUT2D eigenvalue weighted by Crippen LogP contribution is -2.51. The molecule has 2 aromatic rings. The van der Waals surface area contributed by atoms with Gasteiger partial charge in [-0.15, -0.1) is 0 Å². The van der Waals surface area contributed by atoms with Crippen molar-refractivity contribution in [3.63, 3.8) is 0 Å². The summed E-state index contributed by atoms with van der Waals surface area (Å²) in [6.07, 6.45) is -0.130. The molecule has 0 bridgehead atoms. The Morgan fingerprint density at radius 2 is 2.04 bits per heavy atom. The second-order valence-electron chi connectivity index (χ2n) is 6.69. The fourth-order valence-corrected chi connectivity index (χ4v) is 3.20. The molecule has 1 N–H and O–H groups in total. The second-order valence-corrected chi connectivity index (χ2v) is 6.69. The quantitative estimate of drug-likeness (QED) is 0.833. The Labute approximate surface area is 148 Å². The van der Waals surface area contributed by atoms with Crippen LogP contribution in [0.3, 0.4) is 0 Å². The lowest BCUT2D eigenvalue weighted by molar-refractivity contribution is 0.0199. The zero-order valence-corrected chi connectivity index (χ0v) is 14.7. The van der Waals surface area contributed by atoms with Crippen molar-refractivity contribution in [2.45, 2.75) is 32.4 Å². The van der Waals surface area contributed by atoms with Crippen molar-refractivity contribution in [1.82, 2.24) is 14.7 Å². The zero-order chi connectivity index (χ0) is 17.8. The number of benzene rings is 1. The molecule has 6 nitrogen and oxygen atoms in total. The van der Waals surface area contributed by atoms with E-state index in [1.807, 2.05) is 31.2 Å². The highest BCUT2D eigenvalue weighted by molar-refractivity contribution is 5.28. The number of nitrogens with zero attached hydrogens (tertiary/aromatic N) is 4. The summed E-state index contributed by atoms with van der Waals surface area (Å²) in [7, 11) is 0. The Morgan fingerprint density at radius 1 is 1.32 bits per heavy atom. The Kier molecular flexibility index (Phi) is 5.37. The first kappa shape index (κ1) is 17.5. The number of aliphatic hydroxyl groups excluding tert-OH is 1. The smallest absolute Gasteiger partial charge is 0.119 e. The second kappa shape index (κ2) is 7.68. The average molecular weight is 340 g/mol. The number of aliphatic hydroxyl groups is 1. The first-order valence-corrected chi connectivity index (χ1v) is 8.57.